The van der Waals surface area contributed by atoms with Gasteiger partial charge in [-0.2, -0.15) is 0 Å². The van der Waals surface area contributed by atoms with Gasteiger partial charge in [-0.1, -0.05) is 43.3 Å². The van der Waals surface area contributed by atoms with Gasteiger partial charge in [0.05, 0.1) is 5.39 Å². The molecule has 0 saturated carbocycles. The van der Waals surface area contributed by atoms with E-state index in [0.717, 1.165) is 12.0 Å². The summed E-state index contributed by atoms with van der Waals surface area (Å²) in [4.78, 5) is 24.7. The third-order valence-electron chi connectivity index (χ3n) is 4.40. The lowest BCUT2D eigenvalue weighted by Crippen LogP contribution is -2.11. The van der Waals surface area contributed by atoms with E-state index in [1.54, 1.807) is 24.3 Å². The van der Waals surface area contributed by atoms with E-state index in [0.29, 0.717) is 28.3 Å². The maximum atomic E-state index is 12.4. The van der Waals surface area contributed by atoms with Gasteiger partial charge in [0.25, 0.3) is 0 Å². The minimum absolute atomic E-state index is 0.280. The van der Waals surface area contributed by atoms with Crippen molar-refractivity contribution in [3.63, 3.8) is 0 Å². The Labute approximate surface area is 143 Å². The molecule has 4 nitrogen and oxygen atoms in total. The van der Waals surface area contributed by atoms with Crippen LogP contribution in [0.5, 0.6) is 0 Å². The van der Waals surface area contributed by atoms with Crippen LogP contribution in [0.4, 0.5) is 0 Å². The van der Waals surface area contributed by atoms with E-state index >= 15 is 0 Å². The van der Waals surface area contributed by atoms with Gasteiger partial charge in [-0.15, -0.1) is 0 Å². The van der Waals surface area contributed by atoms with Crippen LogP contribution in [0.3, 0.4) is 0 Å². The Morgan fingerprint density at radius 2 is 1.52 bits per heavy atom. The summed E-state index contributed by atoms with van der Waals surface area (Å²) in [5, 5.41) is 0.909. The van der Waals surface area contributed by atoms with E-state index in [-0.39, 0.29) is 5.58 Å². The Kier molecular flexibility index (Phi) is 3.73. The summed E-state index contributed by atoms with van der Waals surface area (Å²) in [6, 6.07) is 16.7. The predicted octanol–water partition coefficient (Wildman–Crippen LogP) is 4.05. The smallest absolute Gasteiger partial charge is 0.347 e. The molecular formula is C21H16O4. The molecule has 0 unspecified atom stereocenters. The summed E-state index contributed by atoms with van der Waals surface area (Å²) in [6.45, 7) is 2.09. The average Bonchev–Trinajstić information content (AvgIpc) is 2.63. The second kappa shape index (κ2) is 6.06. The maximum absolute atomic E-state index is 12.4. The molecule has 2 aromatic heterocycles. The van der Waals surface area contributed by atoms with Crippen LogP contribution in [-0.4, -0.2) is 0 Å². The van der Waals surface area contributed by atoms with Crippen molar-refractivity contribution in [2.45, 2.75) is 19.8 Å². The zero-order valence-electron chi connectivity index (χ0n) is 13.7. The maximum Gasteiger partial charge on any atom is 0.347 e. The number of benzene rings is 2. The Balaban J connectivity index is 1.86. The summed E-state index contributed by atoms with van der Waals surface area (Å²) in [7, 11) is 0. The highest BCUT2D eigenvalue weighted by Crippen LogP contribution is 2.22. The molecular weight excluding hydrogens is 316 g/mol. The molecule has 4 aromatic rings. The van der Waals surface area contributed by atoms with Crippen molar-refractivity contribution in [1.29, 1.82) is 0 Å². The zero-order chi connectivity index (χ0) is 17.4. The third kappa shape index (κ3) is 2.76. The SMILES string of the molecule is CCc1ccc(Cc2cc3c(=O)oc4ccccc4c3oc2=O)cc1. The lowest BCUT2D eigenvalue weighted by atomic mass is 10.0. The largest absolute Gasteiger partial charge is 0.422 e. The molecule has 4 rings (SSSR count). The molecule has 0 aliphatic carbocycles. The van der Waals surface area contributed by atoms with Gasteiger partial charge in [0.1, 0.15) is 11.0 Å². The number of rotatable bonds is 3. The summed E-state index contributed by atoms with van der Waals surface area (Å²) < 4.78 is 10.8. The first-order valence-electron chi connectivity index (χ1n) is 8.22. The third-order valence-corrected chi connectivity index (χ3v) is 4.40. The van der Waals surface area contributed by atoms with E-state index in [9.17, 15) is 9.59 Å². The highest BCUT2D eigenvalue weighted by Gasteiger charge is 2.13. The van der Waals surface area contributed by atoms with E-state index in [4.69, 9.17) is 8.83 Å². The van der Waals surface area contributed by atoms with Gasteiger partial charge in [-0.3, -0.25) is 0 Å². The Morgan fingerprint density at radius 3 is 2.28 bits per heavy atom. The van der Waals surface area contributed by atoms with Crippen LogP contribution in [-0.2, 0) is 12.8 Å². The number of para-hydroxylation sites is 1. The van der Waals surface area contributed by atoms with Crippen molar-refractivity contribution in [2.24, 2.45) is 0 Å². The van der Waals surface area contributed by atoms with Crippen LogP contribution >= 0.6 is 0 Å². The first-order valence-corrected chi connectivity index (χ1v) is 8.22. The Morgan fingerprint density at radius 1 is 0.800 bits per heavy atom. The fraction of sp³-hybridized carbons (Fsp3) is 0.143. The van der Waals surface area contributed by atoms with Crippen LogP contribution in [0.25, 0.3) is 21.9 Å². The van der Waals surface area contributed by atoms with Gasteiger partial charge in [0, 0.05) is 12.0 Å². The van der Waals surface area contributed by atoms with Gasteiger partial charge in [-0.25, -0.2) is 9.59 Å². The molecule has 0 saturated heterocycles. The van der Waals surface area contributed by atoms with E-state index in [2.05, 4.69) is 6.92 Å². The van der Waals surface area contributed by atoms with E-state index < -0.39 is 11.3 Å². The molecule has 0 fully saturated rings. The van der Waals surface area contributed by atoms with Crippen LogP contribution in [0.15, 0.2) is 73.0 Å². The minimum atomic E-state index is -0.500. The summed E-state index contributed by atoms with van der Waals surface area (Å²) in [6.07, 6.45) is 1.38. The second-order valence-electron chi connectivity index (χ2n) is 6.03. The second-order valence-corrected chi connectivity index (χ2v) is 6.03. The molecule has 0 amide bonds. The summed E-state index contributed by atoms with van der Waals surface area (Å²) in [5.74, 6) is 0. The lowest BCUT2D eigenvalue weighted by molar-refractivity contribution is 0.537. The van der Waals surface area contributed by atoms with Gasteiger partial charge >= 0.3 is 11.3 Å². The fourth-order valence-electron chi connectivity index (χ4n) is 3.00. The molecule has 0 bridgehead atoms. The minimum Gasteiger partial charge on any atom is -0.422 e. The topological polar surface area (TPSA) is 60.4 Å². The van der Waals surface area contributed by atoms with Gasteiger partial charge < -0.3 is 8.83 Å². The molecule has 4 heteroatoms. The van der Waals surface area contributed by atoms with E-state index in [1.807, 2.05) is 30.3 Å². The molecule has 0 aliphatic rings. The molecule has 0 N–H and O–H groups in total. The highest BCUT2D eigenvalue weighted by atomic mass is 16.4. The molecule has 25 heavy (non-hydrogen) atoms. The van der Waals surface area contributed by atoms with Gasteiger partial charge in [0.15, 0.2) is 5.58 Å². The quantitative estimate of drug-likeness (QED) is 0.419. The normalized spacial score (nSPS) is 11.2. The summed E-state index contributed by atoms with van der Waals surface area (Å²) >= 11 is 0. The van der Waals surface area contributed by atoms with Crippen LogP contribution < -0.4 is 11.3 Å². The molecule has 0 aliphatic heterocycles. The fourth-order valence-corrected chi connectivity index (χ4v) is 3.00. The van der Waals surface area contributed by atoms with Crippen molar-refractivity contribution < 1.29 is 8.83 Å². The van der Waals surface area contributed by atoms with E-state index in [1.165, 1.54) is 5.56 Å². The molecule has 0 radical (unpaired) electrons. The van der Waals surface area contributed by atoms with Gasteiger partial charge in [-0.05, 0) is 35.7 Å². The van der Waals surface area contributed by atoms with Crippen LogP contribution in [0.2, 0.25) is 0 Å². The van der Waals surface area contributed by atoms with Gasteiger partial charge in [0.2, 0.25) is 0 Å². The molecule has 0 spiro atoms. The number of fused-ring (bicyclic) bond motifs is 3. The number of hydrogen-bond acceptors (Lipinski definition) is 4. The molecule has 0 atom stereocenters. The zero-order valence-corrected chi connectivity index (χ0v) is 13.7. The van der Waals surface area contributed by atoms with Crippen molar-refractivity contribution in [3.05, 3.63) is 92.1 Å². The first kappa shape index (κ1) is 15.4. The Bertz CT molecular complexity index is 1180. The monoisotopic (exact) mass is 332 g/mol. The van der Waals surface area contributed by atoms with Crippen molar-refractivity contribution in [2.75, 3.05) is 0 Å². The van der Waals surface area contributed by atoms with Crippen LogP contribution in [0.1, 0.15) is 23.6 Å². The predicted molar refractivity (Wildman–Crippen MR) is 97.2 cm³/mol. The number of aryl methyl sites for hydroxylation is 1. The standard InChI is InChI=1S/C21H16O4/c1-2-13-7-9-14(10-8-13)11-15-12-17-19(25-20(15)22)16-5-3-4-6-18(16)24-21(17)23/h3-10,12H,2,11H2,1H3. The first-order chi connectivity index (χ1) is 12.2. The van der Waals surface area contributed by atoms with Crippen LogP contribution in [0, 0.1) is 0 Å². The van der Waals surface area contributed by atoms with Crippen molar-refractivity contribution >= 4 is 21.9 Å². The molecule has 124 valence electrons. The lowest BCUT2D eigenvalue weighted by Gasteiger charge is -2.05. The number of hydrogen-bond donors (Lipinski definition) is 0. The summed E-state index contributed by atoms with van der Waals surface area (Å²) in [5.41, 5.74) is 2.44. The van der Waals surface area contributed by atoms with Crippen molar-refractivity contribution in [3.8, 4) is 0 Å². The molecule has 2 aromatic carbocycles. The highest BCUT2D eigenvalue weighted by molar-refractivity contribution is 6.00. The Hall–Kier alpha value is -3.14. The molecule has 2 heterocycles. The average molecular weight is 332 g/mol. The van der Waals surface area contributed by atoms with Crippen molar-refractivity contribution in [1.82, 2.24) is 0 Å².